The molecule has 3 heteroatoms. The maximum Gasteiger partial charge on any atom is 0.231 e. The number of halogens is 1. The van der Waals surface area contributed by atoms with Gasteiger partial charge in [0.1, 0.15) is 5.75 Å². The molecule has 0 unspecified atom stereocenters. The zero-order chi connectivity index (χ0) is 12.5. The largest absolute Gasteiger partial charge is 0.452 e. The molecule has 0 fully saturated rings. The molecule has 88 valence electrons. The summed E-state index contributed by atoms with van der Waals surface area (Å²) in [5.41, 5.74) is 1.49. The Labute approximate surface area is 109 Å². The smallest absolute Gasteiger partial charge is 0.231 e. The molecule has 0 aliphatic carbocycles. The average molecular weight is 257 g/mol. The molecule has 0 bridgehead atoms. The minimum atomic E-state index is -0.0828. The van der Waals surface area contributed by atoms with E-state index in [1.807, 2.05) is 24.3 Å². The van der Waals surface area contributed by atoms with Gasteiger partial charge in [0, 0.05) is 5.02 Å². The van der Waals surface area contributed by atoms with Crippen molar-refractivity contribution in [3.05, 3.63) is 70.4 Å². The molecule has 0 atom stereocenters. The van der Waals surface area contributed by atoms with Crippen LogP contribution in [0.15, 0.2) is 54.3 Å². The highest BCUT2D eigenvalue weighted by atomic mass is 35.5. The van der Waals surface area contributed by atoms with Crippen LogP contribution < -0.4 is 4.74 Å². The first-order valence-electron chi connectivity index (χ1n) is 5.53. The molecule has 3 rings (SSSR count). The zero-order valence-electron chi connectivity index (χ0n) is 9.39. The van der Waals surface area contributed by atoms with Gasteiger partial charge in [-0.15, -0.1) is 0 Å². The molecule has 0 amide bonds. The Balaban J connectivity index is 1.97. The van der Waals surface area contributed by atoms with Crippen LogP contribution in [0.4, 0.5) is 0 Å². The van der Waals surface area contributed by atoms with Gasteiger partial charge < -0.3 is 4.74 Å². The van der Waals surface area contributed by atoms with E-state index in [-0.39, 0.29) is 5.78 Å². The number of Topliss-reactive ketones (excluding diaryl/α,β-unsaturated/α-hetero) is 1. The van der Waals surface area contributed by atoms with Gasteiger partial charge in [0.2, 0.25) is 5.78 Å². The molecule has 0 spiro atoms. The highest BCUT2D eigenvalue weighted by Gasteiger charge is 2.26. The van der Waals surface area contributed by atoms with Crippen LogP contribution >= 0.6 is 11.6 Å². The highest BCUT2D eigenvalue weighted by Crippen LogP contribution is 2.31. The van der Waals surface area contributed by atoms with E-state index in [1.54, 1.807) is 30.3 Å². The van der Waals surface area contributed by atoms with Gasteiger partial charge in [-0.2, -0.15) is 0 Å². The summed E-state index contributed by atoms with van der Waals surface area (Å²) in [5.74, 6) is 0.877. The van der Waals surface area contributed by atoms with Gasteiger partial charge in [0.25, 0.3) is 0 Å². The topological polar surface area (TPSA) is 26.3 Å². The van der Waals surface area contributed by atoms with Gasteiger partial charge in [0.15, 0.2) is 5.76 Å². The van der Waals surface area contributed by atoms with Gasteiger partial charge in [-0.05, 0) is 35.9 Å². The SMILES string of the molecule is O=C1/C(=C/c2ccc(Cl)cc2)Oc2ccccc21. The Hall–Kier alpha value is -2.06. The van der Waals surface area contributed by atoms with E-state index in [9.17, 15) is 4.79 Å². The Kier molecular flexibility index (Phi) is 2.65. The summed E-state index contributed by atoms with van der Waals surface area (Å²) in [6, 6.07) is 14.5. The lowest BCUT2D eigenvalue weighted by atomic mass is 10.1. The first-order chi connectivity index (χ1) is 8.74. The lowest BCUT2D eigenvalue weighted by molar-refractivity contribution is 0.101. The second-order valence-electron chi connectivity index (χ2n) is 3.99. The summed E-state index contributed by atoms with van der Waals surface area (Å²) < 4.78 is 5.53. The minimum Gasteiger partial charge on any atom is -0.452 e. The third-order valence-corrected chi connectivity index (χ3v) is 3.00. The molecule has 0 saturated carbocycles. The summed E-state index contributed by atoms with van der Waals surface area (Å²) in [4.78, 5) is 12.0. The predicted molar refractivity (Wildman–Crippen MR) is 70.8 cm³/mol. The fourth-order valence-electron chi connectivity index (χ4n) is 1.85. The quantitative estimate of drug-likeness (QED) is 0.722. The molecule has 18 heavy (non-hydrogen) atoms. The van der Waals surface area contributed by atoms with Crippen LogP contribution in [0, 0.1) is 0 Å². The van der Waals surface area contributed by atoms with Gasteiger partial charge in [0.05, 0.1) is 5.56 Å². The van der Waals surface area contributed by atoms with E-state index in [0.717, 1.165) is 5.56 Å². The van der Waals surface area contributed by atoms with Gasteiger partial charge in [-0.3, -0.25) is 4.79 Å². The van der Waals surface area contributed by atoms with Crippen LogP contribution in [0.25, 0.3) is 6.08 Å². The molecule has 0 saturated heterocycles. The molecule has 0 radical (unpaired) electrons. The van der Waals surface area contributed by atoms with E-state index in [0.29, 0.717) is 22.1 Å². The normalized spacial score (nSPS) is 15.6. The third kappa shape index (κ3) is 1.91. The van der Waals surface area contributed by atoms with Crippen molar-refractivity contribution in [2.75, 3.05) is 0 Å². The Morgan fingerprint density at radius 2 is 1.72 bits per heavy atom. The van der Waals surface area contributed by atoms with Crippen LogP contribution in [-0.2, 0) is 0 Å². The summed E-state index contributed by atoms with van der Waals surface area (Å²) in [6.45, 7) is 0. The maximum atomic E-state index is 12.0. The minimum absolute atomic E-state index is 0.0828. The van der Waals surface area contributed by atoms with Crippen molar-refractivity contribution in [3.63, 3.8) is 0 Å². The van der Waals surface area contributed by atoms with Crippen molar-refractivity contribution in [2.24, 2.45) is 0 Å². The van der Waals surface area contributed by atoms with E-state index in [1.165, 1.54) is 0 Å². The van der Waals surface area contributed by atoms with Crippen LogP contribution in [0.2, 0.25) is 5.02 Å². The predicted octanol–water partition coefficient (Wildman–Crippen LogP) is 3.96. The van der Waals surface area contributed by atoms with Gasteiger partial charge >= 0.3 is 0 Å². The van der Waals surface area contributed by atoms with Crippen molar-refractivity contribution in [2.45, 2.75) is 0 Å². The van der Waals surface area contributed by atoms with Crippen molar-refractivity contribution < 1.29 is 9.53 Å². The second-order valence-corrected chi connectivity index (χ2v) is 4.42. The molecular formula is C15H9ClO2. The Morgan fingerprint density at radius 3 is 2.44 bits per heavy atom. The highest BCUT2D eigenvalue weighted by molar-refractivity contribution is 6.30. The number of fused-ring (bicyclic) bond motifs is 1. The number of carbonyl (C=O) groups is 1. The van der Waals surface area contributed by atoms with E-state index >= 15 is 0 Å². The Bertz CT molecular complexity index is 642. The van der Waals surface area contributed by atoms with Gasteiger partial charge in [-0.25, -0.2) is 0 Å². The first kappa shape index (κ1) is 11.1. The summed E-state index contributed by atoms with van der Waals surface area (Å²) >= 11 is 5.81. The summed E-state index contributed by atoms with van der Waals surface area (Å²) in [7, 11) is 0. The van der Waals surface area contributed by atoms with Crippen LogP contribution in [-0.4, -0.2) is 5.78 Å². The molecule has 2 nitrogen and oxygen atoms in total. The number of ketones is 1. The van der Waals surface area contributed by atoms with Crippen LogP contribution in [0.1, 0.15) is 15.9 Å². The van der Waals surface area contributed by atoms with E-state index < -0.39 is 0 Å². The number of allylic oxidation sites excluding steroid dienone is 1. The molecular weight excluding hydrogens is 248 g/mol. The monoisotopic (exact) mass is 256 g/mol. The number of hydrogen-bond acceptors (Lipinski definition) is 2. The molecule has 2 aromatic rings. The summed E-state index contributed by atoms with van der Waals surface area (Å²) in [6.07, 6.45) is 1.72. The standard InChI is InChI=1S/C15H9ClO2/c16-11-7-5-10(6-8-11)9-14-15(17)12-3-1-2-4-13(12)18-14/h1-9H/b14-9-. The molecule has 2 aromatic carbocycles. The Morgan fingerprint density at radius 1 is 1.00 bits per heavy atom. The van der Waals surface area contributed by atoms with Crippen molar-refractivity contribution in [1.82, 2.24) is 0 Å². The van der Waals surface area contributed by atoms with Gasteiger partial charge in [-0.1, -0.05) is 35.9 Å². The van der Waals surface area contributed by atoms with Crippen LogP contribution in [0.3, 0.4) is 0 Å². The number of hydrogen-bond donors (Lipinski definition) is 0. The third-order valence-electron chi connectivity index (χ3n) is 2.74. The molecule has 0 aromatic heterocycles. The van der Waals surface area contributed by atoms with E-state index in [2.05, 4.69) is 0 Å². The average Bonchev–Trinajstić information content (AvgIpc) is 2.70. The maximum absolute atomic E-state index is 12.0. The van der Waals surface area contributed by atoms with Crippen molar-refractivity contribution in [1.29, 1.82) is 0 Å². The fourth-order valence-corrected chi connectivity index (χ4v) is 1.97. The number of rotatable bonds is 1. The number of benzene rings is 2. The fraction of sp³-hybridized carbons (Fsp3) is 0. The zero-order valence-corrected chi connectivity index (χ0v) is 10.1. The first-order valence-corrected chi connectivity index (χ1v) is 5.91. The number of ether oxygens (including phenoxy) is 1. The molecule has 1 aliphatic heterocycles. The molecule has 0 N–H and O–H groups in total. The molecule has 1 aliphatic rings. The number of carbonyl (C=O) groups excluding carboxylic acids is 1. The van der Waals surface area contributed by atoms with Crippen LogP contribution in [0.5, 0.6) is 5.75 Å². The van der Waals surface area contributed by atoms with Crippen molar-refractivity contribution in [3.8, 4) is 5.75 Å². The van der Waals surface area contributed by atoms with E-state index in [4.69, 9.17) is 16.3 Å². The lowest BCUT2D eigenvalue weighted by Gasteiger charge is -1.98. The second kappa shape index (κ2) is 4.31. The molecule has 1 heterocycles. The number of para-hydroxylation sites is 1. The lowest BCUT2D eigenvalue weighted by Crippen LogP contribution is -1.97. The van der Waals surface area contributed by atoms with Crippen molar-refractivity contribution >= 4 is 23.5 Å². The summed E-state index contributed by atoms with van der Waals surface area (Å²) in [5, 5.41) is 0.666.